The van der Waals surface area contributed by atoms with Gasteiger partial charge >= 0.3 is 0 Å². The zero-order chi connectivity index (χ0) is 22.2. The lowest BCUT2D eigenvalue weighted by Crippen LogP contribution is -2.37. The Hall–Kier alpha value is -4.10. The van der Waals surface area contributed by atoms with Crippen LogP contribution in [-0.4, -0.2) is 60.6 Å². The summed E-state index contributed by atoms with van der Waals surface area (Å²) in [5.41, 5.74) is 5.55. The highest BCUT2D eigenvalue weighted by Crippen LogP contribution is 2.23. The maximum atomic E-state index is 12.1. The number of nitrogens with two attached hydrogens (primary N) is 1. The fourth-order valence-corrected chi connectivity index (χ4v) is 3.29. The second-order valence-electron chi connectivity index (χ2n) is 7.30. The van der Waals surface area contributed by atoms with E-state index in [-0.39, 0.29) is 12.1 Å². The number of benzene rings is 1. The number of carbonyl (C=O) groups is 2. The molecule has 4 N–H and O–H groups in total. The molecule has 31 heavy (non-hydrogen) atoms. The number of aromatic nitrogens is 4. The fraction of sp³-hybridized carbons (Fsp3) is 0.238. The fourth-order valence-electron chi connectivity index (χ4n) is 3.29. The Balaban J connectivity index is 1.65. The van der Waals surface area contributed by atoms with Gasteiger partial charge in [-0.3, -0.25) is 14.3 Å². The second kappa shape index (κ2) is 7.62. The summed E-state index contributed by atoms with van der Waals surface area (Å²) in [4.78, 5) is 25.4. The molecule has 0 saturated carbocycles. The third-order valence-corrected chi connectivity index (χ3v) is 5.07. The molecule has 0 spiro atoms. The summed E-state index contributed by atoms with van der Waals surface area (Å²) in [6, 6.07) is 8.82. The molecule has 3 aromatic rings. The molecule has 0 bridgehead atoms. The molecule has 1 aliphatic heterocycles. The first-order valence-electron chi connectivity index (χ1n) is 9.53. The van der Waals surface area contributed by atoms with Crippen LogP contribution in [0.3, 0.4) is 0 Å². The first-order chi connectivity index (χ1) is 14.8. The van der Waals surface area contributed by atoms with E-state index in [1.807, 2.05) is 0 Å². The Morgan fingerprint density at radius 2 is 2.13 bits per heavy atom. The summed E-state index contributed by atoms with van der Waals surface area (Å²) in [5.74, 6) is 5.15. The molecule has 1 saturated heterocycles. The summed E-state index contributed by atoms with van der Waals surface area (Å²) < 4.78 is 3.12. The van der Waals surface area contributed by atoms with Crippen LogP contribution in [0.1, 0.15) is 22.5 Å². The highest BCUT2D eigenvalue weighted by atomic mass is 16.3. The summed E-state index contributed by atoms with van der Waals surface area (Å²) >= 11 is 0. The molecule has 1 fully saturated rings. The molecule has 2 amide bonds. The molecule has 1 aliphatic rings. The Morgan fingerprint density at radius 1 is 1.32 bits per heavy atom. The number of rotatable bonds is 4. The van der Waals surface area contributed by atoms with Crippen LogP contribution in [0.2, 0.25) is 0 Å². The standard InChI is InChI=1S/C21H21N7O3/c1-26-11-9-21(31,20(26)30)8-6-14-4-3-5-15(12-14)28-13-16(18(25-28)19(22)29)24-17-7-10-23-27(17)2/h3-5,7,10,12-13,24,31H,9,11H2,1-2H3,(H2,22,29)/t21-/m0/s1. The number of anilines is 2. The first-order valence-corrected chi connectivity index (χ1v) is 9.53. The molecule has 0 unspecified atom stereocenters. The van der Waals surface area contributed by atoms with E-state index in [0.29, 0.717) is 29.3 Å². The normalized spacial score (nSPS) is 18.0. The average molecular weight is 419 g/mol. The van der Waals surface area contributed by atoms with Gasteiger partial charge in [0, 0.05) is 38.7 Å². The Morgan fingerprint density at radius 3 is 2.77 bits per heavy atom. The number of amides is 2. The lowest BCUT2D eigenvalue weighted by molar-refractivity contribution is -0.137. The lowest BCUT2D eigenvalue weighted by atomic mass is 10.0. The van der Waals surface area contributed by atoms with E-state index in [1.54, 1.807) is 61.5 Å². The van der Waals surface area contributed by atoms with Gasteiger partial charge < -0.3 is 21.1 Å². The molecular formula is C21H21N7O3. The first kappa shape index (κ1) is 20.2. The number of carbonyl (C=O) groups excluding carboxylic acids is 2. The zero-order valence-electron chi connectivity index (χ0n) is 17.0. The van der Waals surface area contributed by atoms with Crippen LogP contribution in [0.15, 0.2) is 42.7 Å². The number of aryl methyl sites for hydroxylation is 1. The van der Waals surface area contributed by atoms with Crippen LogP contribution >= 0.6 is 0 Å². The van der Waals surface area contributed by atoms with E-state index >= 15 is 0 Å². The van der Waals surface area contributed by atoms with Crippen LogP contribution in [0, 0.1) is 11.8 Å². The van der Waals surface area contributed by atoms with Crippen LogP contribution in [0.5, 0.6) is 0 Å². The minimum absolute atomic E-state index is 0.0755. The van der Waals surface area contributed by atoms with Crippen molar-refractivity contribution < 1.29 is 14.7 Å². The van der Waals surface area contributed by atoms with Crippen molar-refractivity contribution in [1.82, 2.24) is 24.5 Å². The van der Waals surface area contributed by atoms with Gasteiger partial charge in [-0.1, -0.05) is 17.9 Å². The lowest BCUT2D eigenvalue weighted by Gasteiger charge is -2.13. The highest BCUT2D eigenvalue weighted by Gasteiger charge is 2.42. The molecule has 1 atom stereocenters. The Labute approximate surface area is 178 Å². The van der Waals surface area contributed by atoms with Crippen molar-refractivity contribution in [3.63, 3.8) is 0 Å². The quantitative estimate of drug-likeness (QED) is 0.525. The minimum Gasteiger partial charge on any atom is -0.369 e. The number of nitrogens with zero attached hydrogens (tertiary/aromatic N) is 5. The number of likely N-dealkylation sites (N-methyl/N-ethyl adjacent to an activating group) is 1. The Bertz CT molecular complexity index is 1230. The number of nitrogens with one attached hydrogen (secondary N) is 1. The molecule has 0 radical (unpaired) electrons. The van der Waals surface area contributed by atoms with E-state index in [4.69, 9.17) is 5.73 Å². The van der Waals surface area contributed by atoms with Gasteiger partial charge in [0.25, 0.3) is 11.8 Å². The van der Waals surface area contributed by atoms with E-state index in [1.165, 1.54) is 9.58 Å². The van der Waals surface area contributed by atoms with Gasteiger partial charge in [-0.15, -0.1) is 0 Å². The van der Waals surface area contributed by atoms with Crippen molar-refractivity contribution in [2.75, 3.05) is 18.9 Å². The predicted octanol–water partition coefficient (Wildman–Crippen LogP) is 0.393. The molecule has 10 nitrogen and oxygen atoms in total. The van der Waals surface area contributed by atoms with Crippen molar-refractivity contribution in [1.29, 1.82) is 0 Å². The smallest absolute Gasteiger partial charge is 0.271 e. The summed E-state index contributed by atoms with van der Waals surface area (Å²) in [7, 11) is 3.40. The molecule has 158 valence electrons. The van der Waals surface area contributed by atoms with E-state index in [0.717, 1.165) is 0 Å². The third kappa shape index (κ3) is 3.86. The van der Waals surface area contributed by atoms with Crippen molar-refractivity contribution in [2.45, 2.75) is 12.0 Å². The number of hydrogen-bond donors (Lipinski definition) is 3. The van der Waals surface area contributed by atoms with Gasteiger partial charge in [0.15, 0.2) is 5.69 Å². The zero-order valence-corrected chi connectivity index (χ0v) is 17.0. The largest absolute Gasteiger partial charge is 0.369 e. The van der Waals surface area contributed by atoms with Gasteiger partial charge in [0.2, 0.25) is 5.60 Å². The van der Waals surface area contributed by atoms with Gasteiger partial charge in [-0.05, 0) is 18.2 Å². The van der Waals surface area contributed by atoms with Gasteiger partial charge in [-0.25, -0.2) is 4.68 Å². The van der Waals surface area contributed by atoms with Crippen molar-refractivity contribution in [3.05, 3.63) is 54.0 Å². The summed E-state index contributed by atoms with van der Waals surface area (Å²) in [6.07, 6.45) is 3.53. The minimum atomic E-state index is -1.67. The van der Waals surface area contributed by atoms with Crippen LogP contribution in [0.4, 0.5) is 11.5 Å². The second-order valence-corrected chi connectivity index (χ2v) is 7.30. The monoisotopic (exact) mass is 419 g/mol. The van der Waals surface area contributed by atoms with Gasteiger partial charge in [0.05, 0.1) is 23.8 Å². The third-order valence-electron chi connectivity index (χ3n) is 5.07. The molecule has 3 heterocycles. The maximum Gasteiger partial charge on any atom is 0.271 e. The van der Waals surface area contributed by atoms with Crippen molar-refractivity contribution >= 4 is 23.3 Å². The van der Waals surface area contributed by atoms with Crippen molar-refractivity contribution in [3.8, 4) is 17.5 Å². The van der Waals surface area contributed by atoms with Crippen LogP contribution in [0.25, 0.3) is 5.69 Å². The van der Waals surface area contributed by atoms with Crippen LogP contribution < -0.4 is 11.1 Å². The average Bonchev–Trinajstić information content (AvgIpc) is 3.43. The molecule has 0 aliphatic carbocycles. The molecular weight excluding hydrogens is 398 g/mol. The Kier molecular flexibility index (Phi) is 4.96. The van der Waals surface area contributed by atoms with E-state index in [2.05, 4.69) is 27.4 Å². The molecule has 2 aromatic heterocycles. The van der Waals surface area contributed by atoms with Crippen LogP contribution in [-0.2, 0) is 11.8 Å². The number of hydrogen-bond acceptors (Lipinski definition) is 6. The van der Waals surface area contributed by atoms with Gasteiger partial charge in [0.1, 0.15) is 5.82 Å². The number of aliphatic hydroxyl groups is 1. The number of primary amides is 1. The molecule has 10 heteroatoms. The molecule has 4 rings (SSSR count). The highest BCUT2D eigenvalue weighted by molar-refractivity contribution is 5.97. The predicted molar refractivity (Wildman–Crippen MR) is 113 cm³/mol. The topological polar surface area (TPSA) is 131 Å². The summed E-state index contributed by atoms with van der Waals surface area (Å²) in [6.45, 7) is 0.458. The van der Waals surface area contributed by atoms with E-state index in [9.17, 15) is 14.7 Å². The molecule has 1 aromatic carbocycles. The maximum absolute atomic E-state index is 12.1. The number of likely N-dealkylation sites (tertiary alicyclic amines) is 1. The summed E-state index contributed by atoms with van der Waals surface area (Å²) in [5, 5.41) is 21.9. The van der Waals surface area contributed by atoms with Gasteiger partial charge in [-0.2, -0.15) is 10.2 Å². The van der Waals surface area contributed by atoms with E-state index < -0.39 is 17.4 Å². The van der Waals surface area contributed by atoms with Crippen molar-refractivity contribution in [2.24, 2.45) is 12.8 Å². The SMILES string of the molecule is CN1CC[C@@](O)(C#Cc2cccc(-n3cc(Nc4ccnn4C)c(C(N)=O)n3)c2)C1=O.